The van der Waals surface area contributed by atoms with Crippen LogP contribution in [-0.2, 0) is 6.42 Å². The van der Waals surface area contributed by atoms with E-state index < -0.39 is 5.60 Å². The van der Waals surface area contributed by atoms with Crippen molar-refractivity contribution in [1.29, 1.82) is 0 Å². The van der Waals surface area contributed by atoms with Gasteiger partial charge in [0.25, 0.3) is 5.91 Å². The molecule has 4 nitrogen and oxygen atoms in total. The van der Waals surface area contributed by atoms with Gasteiger partial charge in [-0.2, -0.15) is 0 Å². The predicted molar refractivity (Wildman–Crippen MR) is 96.2 cm³/mol. The van der Waals surface area contributed by atoms with Crippen molar-refractivity contribution in [3.05, 3.63) is 52.0 Å². The van der Waals surface area contributed by atoms with Gasteiger partial charge in [-0.1, -0.05) is 12.1 Å². The molecule has 5 heteroatoms. The minimum absolute atomic E-state index is 0.0813. The average Bonchev–Trinajstić information content (AvgIpc) is 3.22. The monoisotopic (exact) mass is 344 g/mol. The minimum Gasteiger partial charge on any atom is -0.390 e. The summed E-state index contributed by atoms with van der Waals surface area (Å²) in [7, 11) is 0. The summed E-state index contributed by atoms with van der Waals surface area (Å²) in [5.74, 6) is 0.0813. The number of aromatic nitrogens is 1. The maximum absolute atomic E-state index is 13.0. The van der Waals surface area contributed by atoms with Crippen LogP contribution in [0, 0.1) is 0 Å². The van der Waals surface area contributed by atoms with Crippen molar-refractivity contribution in [2.75, 3.05) is 6.54 Å². The maximum atomic E-state index is 13.0. The number of hydrogen-bond donors (Lipinski definition) is 1. The van der Waals surface area contributed by atoms with Gasteiger partial charge in [-0.25, -0.2) is 4.98 Å². The number of carbonyl (C=O) groups excluding carboxylic acids is 1. The van der Waals surface area contributed by atoms with Crippen molar-refractivity contribution in [2.45, 2.75) is 51.2 Å². The molecule has 1 atom stereocenters. The van der Waals surface area contributed by atoms with E-state index in [1.54, 1.807) is 17.5 Å². The van der Waals surface area contributed by atoms with Crippen molar-refractivity contribution in [3.63, 3.8) is 0 Å². The molecule has 0 saturated carbocycles. The molecule has 1 saturated heterocycles. The Morgan fingerprint density at radius 1 is 1.46 bits per heavy atom. The summed E-state index contributed by atoms with van der Waals surface area (Å²) in [5.41, 5.74) is 1.13. The first-order chi connectivity index (χ1) is 11.4. The third-order valence-corrected chi connectivity index (χ3v) is 5.33. The SMILES string of the molecule is CC(C)(O)CCc1cccc(C(=O)N2CCCC2c2nccs2)c1. The van der Waals surface area contributed by atoms with Gasteiger partial charge in [-0.05, 0) is 57.2 Å². The summed E-state index contributed by atoms with van der Waals surface area (Å²) in [6.45, 7) is 4.41. The Kier molecular flexibility index (Phi) is 5.01. The summed E-state index contributed by atoms with van der Waals surface area (Å²) < 4.78 is 0. The number of amides is 1. The first kappa shape index (κ1) is 17.1. The molecule has 0 bridgehead atoms. The molecule has 1 aromatic heterocycles. The molecule has 1 unspecified atom stereocenters. The molecule has 0 spiro atoms. The normalized spacial score (nSPS) is 18.1. The molecule has 2 aromatic rings. The highest BCUT2D eigenvalue weighted by Gasteiger charge is 2.32. The standard InChI is InChI=1S/C19H24N2O2S/c1-19(2,23)9-8-14-5-3-6-15(13-14)18(22)21-11-4-7-16(21)17-20-10-12-24-17/h3,5-6,10,12-13,16,23H,4,7-9,11H2,1-2H3. The third kappa shape index (κ3) is 4.02. The van der Waals surface area contributed by atoms with Crippen LogP contribution < -0.4 is 0 Å². The van der Waals surface area contributed by atoms with Gasteiger partial charge in [0, 0.05) is 23.7 Å². The molecule has 3 rings (SSSR count). The number of aryl methyl sites for hydroxylation is 1. The lowest BCUT2D eigenvalue weighted by Gasteiger charge is -2.23. The Bertz CT molecular complexity index is 692. The van der Waals surface area contributed by atoms with Gasteiger partial charge in [0.2, 0.25) is 0 Å². The van der Waals surface area contributed by atoms with E-state index in [0.29, 0.717) is 6.42 Å². The van der Waals surface area contributed by atoms with Gasteiger partial charge < -0.3 is 10.0 Å². The van der Waals surface area contributed by atoms with Crippen molar-refractivity contribution in [3.8, 4) is 0 Å². The highest BCUT2D eigenvalue weighted by Crippen LogP contribution is 2.34. The van der Waals surface area contributed by atoms with Crippen LogP contribution in [0.15, 0.2) is 35.8 Å². The second-order valence-electron chi connectivity index (χ2n) is 7.04. The number of carbonyl (C=O) groups is 1. The molecule has 128 valence electrons. The van der Waals surface area contributed by atoms with Crippen LogP contribution in [0.2, 0.25) is 0 Å². The van der Waals surface area contributed by atoms with E-state index >= 15 is 0 Å². The number of rotatable bonds is 5. The molecule has 0 aliphatic carbocycles. The number of aliphatic hydroxyl groups is 1. The lowest BCUT2D eigenvalue weighted by atomic mass is 9.97. The fourth-order valence-electron chi connectivity index (χ4n) is 3.14. The Hall–Kier alpha value is -1.72. The molecule has 1 aliphatic heterocycles. The topological polar surface area (TPSA) is 53.4 Å². The predicted octanol–water partition coefficient (Wildman–Crippen LogP) is 3.82. The molecule has 1 N–H and O–H groups in total. The van der Waals surface area contributed by atoms with Crippen LogP contribution in [0.25, 0.3) is 0 Å². The fourth-order valence-corrected chi connectivity index (χ4v) is 3.93. The largest absolute Gasteiger partial charge is 0.390 e. The lowest BCUT2D eigenvalue weighted by Crippen LogP contribution is -2.30. The summed E-state index contributed by atoms with van der Waals surface area (Å²) in [6.07, 6.45) is 5.25. The van der Waals surface area contributed by atoms with E-state index in [1.165, 1.54) is 0 Å². The smallest absolute Gasteiger partial charge is 0.254 e. The number of hydrogen-bond acceptors (Lipinski definition) is 4. The summed E-state index contributed by atoms with van der Waals surface area (Å²) >= 11 is 1.62. The molecular weight excluding hydrogens is 320 g/mol. The van der Waals surface area contributed by atoms with Crippen LogP contribution in [0.4, 0.5) is 0 Å². The van der Waals surface area contributed by atoms with E-state index in [9.17, 15) is 9.90 Å². The molecule has 2 heterocycles. The fraction of sp³-hybridized carbons (Fsp3) is 0.474. The quantitative estimate of drug-likeness (QED) is 0.897. The third-order valence-electron chi connectivity index (χ3n) is 4.45. The van der Waals surface area contributed by atoms with Gasteiger partial charge in [-0.3, -0.25) is 4.79 Å². The van der Waals surface area contributed by atoms with E-state index in [1.807, 2.05) is 48.4 Å². The molecular formula is C19H24N2O2S. The second kappa shape index (κ2) is 7.03. The van der Waals surface area contributed by atoms with Crippen LogP contribution in [0.3, 0.4) is 0 Å². The molecule has 24 heavy (non-hydrogen) atoms. The van der Waals surface area contributed by atoms with Gasteiger partial charge >= 0.3 is 0 Å². The molecule has 1 fully saturated rings. The molecule has 1 amide bonds. The molecule has 0 radical (unpaired) electrons. The van der Waals surface area contributed by atoms with Crippen molar-refractivity contribution < 1.29 is 9.90 Å². The Morgan fingerprint density at radius 2 is 2.29 bits per heavy atom. The summed E-state index contributed by atoms with van der Waals surface area (Å²) in [5, 5.41) is 12.9. The maximum Gasteiger partial charge on any atom is 0.254 e. The number of benzene rings is 1. The van der Waals surface area contributed by atoms with Gasteiger partial charge in [0.15, 0.2) is 0 Å². The van der Waals surface area contributed by atoms with E-state index in [4.69, 9.17) is 0 Å². The Morgan fingerprint density at radius 3 is 3.00 bits per heavy atom. The number of thiazole rings is 1. The van der Waals surface area contributed by atoms with Gasteiger partial charge in [0.05, 0.1) is 11.6 Å². The van der Waals surface area contributed by atoms with E-state index in [2.05, 4.69) is 4.98 Å². The molecule has 1 aromatic carbocycles. The number of nitrogens with zero attached hydrogens (tertiary/aromatic N) is 2. The van der Waals surface area contributed by atoms with Crippen LogP contribution in [-0.4, -0.2) is 33.0 Å². The highest BCUT2D eigenvalue weighted by molar-refractivity contribution is 7.09. The first-order valence-electron chi connectivity index (χ1n) is 8.46. The number of likely N-dealkylation sites (tertiary alicyclic amines) is 1. The van der Waals surface area contributed by atoms with Crippen molar-refractivity contribution in [2.24, 2.45) is 0 Å². The van der Waals surface area contributed by atoms with Crippen LogP contribution >= 0.6 is 11.3 Å². The summed E-state index contributed by atoms with van der Waals surface area (Å²) in [4.78, 5) is 19.3. The van der Waals surface area contributed by atoms with Crippen LogP contribution in [0.1, 0.15) is 60.1 Å². The van der Waals surface area contributed by atoms with Gasteiger partial charge in [-0.15, -0.1) is 11.3 Å². The Labute approximate surface area is 147 Å². The zero-order chi connectivity index (χ0) is 17.2. The summed E-state index contributed by atoms with van der Waals surface area (Å²) in [6, 6.07) is 7.91. The zero-order valence-corrected chi connectivity index (χ0v) is 15.1. The highest BCUT2D eigenvalue weighted by atomic mass is 32.1. The van der Waals surface area contributed by atoms with E-state index in [0.717, 1.165) is 41.9 Å². The Balaban J connectivity index is 1.75. The van der Waals surface area contributed by atoms with E-state index in [-0.39, 0.29) is 11.9 Å². The first-order valence-corrected chi connectivity index (χ1v) is 9.34. The average molecular weight is 344 g/mol. The minimum atomic E-state index is -0.690. The van der Waals surface area contributed by atoms with Crippen molar-refractivity contribution >= 4 is 17.2 Å². The molecule has 1 aliphatic rings. The van der Waals surface area contributed by atoms with Crippen molar-refractivity contribution in [1.82, 2.24) is 9.88 Å². The lowest BCUT2D eigenvalue weighted by molar-refractivity contribution is 0.0714. The second-order valence-corrected chi connectivity index (χ2v) is 7.97. The zero-order valence-electron chi connectivity index (χ0n) is 14.2. The van der Waals surface area contributed by atoms with Gasteiger partial charge in [0.1, 0.15) is 5.01 Å². The van der Waals surface area contributed by atoms with Crippen LogP contribution in [0.5, 0.6) is 0 Å².